The summed E-state index contributed by atoms with van der Waals surface area (Å²) in [6.07, 6.45) is 0.757. The molecule has 0 fully saturated rings. The maximum absolute atomic E-state index is 8.95. The first-order chi connectivity index (χ1) is 7.97. The minimum Gasteiger partial charge on any atom is -0.409 e. The van der Waals surface area contributed by atoms with Gasteiger partial charge in [-0.05, 0) is 13.0 Å². The Morgan fingerprint density at radius 3 is 2.47 bits per heavy atom. The van der Waals surface area contributed by atoms with Crippen LogP contribution < -0.4 is 5.73 Å². The third kappa shape index (κ3) is 6.45. The van der Waals surface area contributed by atoms with Gasteiger partial charge in [-0.3, -0.25) is 4.90 Å². The normalized spacial score (nSPS) is 13.4. The Kier molecular flexibility index (Phi) is 7.86. The van der Waals surface area contributed by atoms with Crippen LogP contribution in [-0.2, 0) is 4.74 Å². The number of hydrogen-bond donors (Lipinski definition) is 3. The molecule has 0 atom stereocenters. The highest BCUT2D eigenvalue weighted by Gasteiger charge is 2.24. The molecule has 0 amide bonds. The molecule has 0 bridgehead atoms. The second-order valence-electron chi connectivity index (χ2n) is 4.68. The lowest BCUT2D eigenvalue weighted by Crippen LogP contribution is -2.38. The second-order valence-corrected chi connectivity index (χ2v) is 4.68. The molecule has 6 heteroatoms. The van der Waals surface area contributed by atoms with Gasteiger partial charge in [0.25, 0.3) is 0 Å². The quantitative estimate of drug-likeness (QED) is 0.232. The largest absolute Gasteiger partial charge is 0.409 e. The second kappa shape index (κ2) is 8.27. The molecule has 0 unspecified atom stereocenters. The highest BCUT2D eigenvalue weighted by Crippen LogP contribution is 2.20. The minimum atomic E-state index is -0.352. The first-order valence-corrected chi connectivity index (χ1v) is 5.78. The van der Waals surface area contributed by atoms with E-state index in [0.29, 0.717) is 13.2 Å². The fourth-order valence-electron chi connectivity index (χ4n) is 1.40. The van der Waals surface area contributed by atoms with Gasteiger partial charge in [0.2, 0.25) is 0 Å². The van der Waals surface area contributed by atoms with Crippen molar-refractivity contribution in [2.24, 2.45) is 16.3 Å². The number of aliphatic hydroxyl groups is 1. The van der Waals surface area contributed by atoms with Crippen molar-refractivity contribution in [1.29, 1.82) is 0 Å². The summed E-state index contributed by atoms with van der Waals surface area (Å²) in [4.78, 5) is 2.09. The zero-order valence-electron chi connectivity index (χ0n) is 11.0. The SMILES string of the molecule is COCCN(CCO)CCC(C)(C)C(N)=NO. The van der Waals surface area contributed by atoms with Crippen LogP contribution in [0.3, 0.4) is 0 Å². The van der Waals surface area contributed by atoms with E-state index in [0.717, 1.165) is 19.5 Å². The van der Waals surface area contributed by atoms with E-state index in [1.807, 2.05) is 13.8 Å². The molecule has 102 valence electrons. The van der Waals surface area contributed by atoms with Gasteiger partial charge in [-0.25, -0.2) is 0 Å². The summed E-state index contributed by atoms with van der Waals surface area (Å²) in [6.45, 7) is 6.74. The summed E-state index contributed by atoms with van der Waals surface area (Å²) in [6, 6.07) is 0. The van der Waals surface area contributed by atoms with Gasteiger partial charge in [-0.2, -0.15) is 0 Å². The molecule has 0 aromatic carbocycles. The van der Waals surface area contributed by atoms with E-state index in [9.17, 15) is 0 Å². The van der Waals surface area contributed by atoms with Gasteiger partial charge in [0.1, 0.15) is 5.84 Å². The Labute approximate surface area is 103 Å². The number of nitrogens with zero attached hydrogens (tertiary/aromatic N) is 2. The van der Waals surface area contributed by atoms with Gasteiger partial charge < -0.3 is 20.8 Å². The number of oxime groups is 1. The number of methoxy groups -OCH3 is 1. The van der Waals surface area contributed by atoms with E-state index < -0.39 is 0 Å². The first-order valence-electron chi connectivity index (χ1n) is 5.78. The molecule has 4 N–H and O–H groups in total. The Hall–Kier alpha value is -0.850. The van der Waals surface area contributed by atoms with Crippen LogP contribution in [0.2, 0.25) is 0 Å². The van der Waals surface area contributed by atoms with Crippen molar-refractivity contribution in [3.63, 3.8) is 0 Å². The first kappa shape index (κ1) is 16.1. The van der Waals surface area contributed by atoms with E-state index in [4.69, 9.17) is 20.8 Å². The van der Waals surface area contributed by atoms with Gasteiger partial charge >= 0.3 is 0 Å². The third-order valence-electron chi connectivity index (χ3n) is 2.88. The molecule has 0 aliphatic rings. The summed E-state index contributed by atoms with van der Waals surface area (Å²) in [5.74, 6) is 0.230. The van der Waals surface area contributed by atoms with E-state index in [-0.39, 0.29) is 17.9 Å². The topological polar surface area (TPSA) is 91.3 Å². The van der Waals surface area contributed by atoms with Gasteiger partial charge in [-0.15, -0.1) is 0 Å². The minimum absolute atomic E-state index is 0.119. The van der Waals surface area contributed by atoms with Gasteiger partial charge in [0.15, 0.2) is 0 Å². The molecule has 0 saturated heterocycles. The van der Waals surface area contributed by atoms with Crippen LogP contribution in [0.5, 0.6) is 0 Å². The molecule has 0 rings (SSSR count). The molecule has 0 aliphatic heterocycles. The van der Waals surface area contributed by atoms with Crippen LogP contribution in [0.15, 0.2) is 5.16 Å². The summed E-state index contributed by atoms with van der Waals surface area (Å²) in [7, 11) is 1.65. The Bertz CT molecular complexity index is 232. The van der Waals surface area contributed by atoms with E-state index in [1.165, 1.54) is 0 Å². The zero-order valence-corrected chi connectivity index (χ0v) is 11.0. The van der Waals surface area contributed by atoms with E-state index in [1.54, 1.807) is 7.11 Å². The third-order valence-corrected chi connectivity index (χ3v) is 2.88. The van der Waals surface area contributed by atoms with Gasteiger partial charge in [0, 0.05) is 25.6 Å². The van der Waals surface area contributed by atoms with Crippen molar-refractivity contribution >= 4 is 5.84 Å². The lowest BCUT2D eigenvalue weighted by Gasteiger charge is -2.27. The Morgan fingerprint density at radius 2 is 2.00 bits per heavy atom. The van der Waals surface area contributed by atoms with E-state index in [2.05, 4.69) is 10.1 Å². The summed E-state index contributed by atoms with van der Waals surface area (Å²) >= 11 is 0. The number of aliphatic hydroxyl groups excluding tert-OH is 1. The Morgan fingerprint density at radius 1 is 1.35 bits per heavy atom. The molecule has 0 heterocycles. The molecule has 17 heavy (non-hydrogen) atoms. The molecule has 6 nitrogen and oxygen atoms in total. The molecule has 0 saturated carbocycles. The lowest BCUT2D eigenvalue weighted by molar-refractivity contribution is 0.125. The molecular weight excluding hydrogens is 222 g/mol. The van der Waals surface area contributed by atoms with Crippen molar-refractivity contribution in [2.75, 3.05) is 40.0 Å². The van der Waals surface area contributed by atoms with Crippen molar-refractivity contribution in [3.05, 3.63) is 0 Å². The highest BCUT2D eigenvalue weighted by atomic mass is 16.5. The van der Waals surface area contributed by atoms with Crippen molar-refractivity contribution in [2.45, 2.75) is 20.3 Å². The lowest BCUT2D eigenvalue weighted by atomic mass is 9.88. The van der Waals surface area contributed by atoms with Crippen LogP contribution in [0.4, 0.5) is 0 Å². The molecule has 0 aliphatic carbocycles. The summed E-state index contributed by atoms with van der Waals surface area (Å²) < 4.78 is 5.01. The maximum atomic E-state index is 8.95. The fourth-order valence-corrected chi connectivity index (χ4v) is 1.40. The predicted octanol–water partition coefficient (Wildman–Crippen LogP) is 0.0898. The smallest absolute Gasteiger partial charge is 0.144 e. The standard InChI is InChI=1S/C11H25N3O3/c1-11(2,10(12)13-16)4-5-14(6-8-15)7-9-17-3/h15-16H,4-9H2,1-3H3,(H2,12,13). The fraction of sp³-hybridized carbons (Fsp3) is 0.909. The van der Waals surface area contributed by atoms with Crippen LogP contribution in [0.25, 0.3) is 0 Å². The highest BCUT2D eigenvalue weighted by molar-refractivity contribution is 5.85. The van der Waals surface area contributed by atoms with Gasteiger partial charge in [0.05, 0.1) is 13.2 Å². The average Bonchev–Trinajstić information content (AvgIpc) is 2.31. The van der Waals surface area contributed by atoms with Crippen LogP contribution in [0, 0.1) is 5.41 Å². The molecule has 0 spiro atoms. The molecule has 0 aromatic heterocycles. The number of rotatable bonds is 9. The van der Waals surface area contributed by atoms with Crippen LogP contribution >= 0.6 is 0 Å². The number of ether oxygens (including phenoxy) is 1. The average molecular weight is 247 g/mol. The van der Waals surface area contributed by atoms with Crippen molar-refractivity contribution < 1.29 is 15.1 Å². The van der Waals surface area contributed by atoms with Crippen LogP contribution in [-0.4, -0.2) is 61.0 Å². The number of amidine groups is 1. The number of hydrogen-bond acceptors (Lipinski definition) is 5. The summed E-state index contributed by atoms with van der Waals surface area (Å²) in [5.41, 5.74) is 5.27. The van der Waals surface area contributed by atoms with Crippen LogP contribution in [0.1, 0.15) is 20.3 Å². The Balaban J connectivity index is 4.18. The summed E-state index contributed by atoms with van der Waals surface area (Å²) in [5, 5.41) is 20.7. The predicted molar refractivity (Wildman–Crippen MR) is 67.2 cm³/mol. The zero-order chi connectivity index (χ0) is 13.3. The molecular formula is C11H25N3O3. The molecule has 0 aromatic rings. The van der Waals surface area contributed by atoms with Crippen molar-refractivity contribution in [3.8, 4) is 0 Å². The monoisotopic (exact) mass is 247 g/mol. The van der Waals surface area contributed by atoms with Gasteiger partial charge in [-0.1, -0.05) is 19.0 Å². The number of nitrogens with two attached hydrogens (primary N) is 1. The molecule has 0 radical (unpaired) electrons. The van der Waals surface area contributed by atoms with Crippen molar-refractivity contribution in [1.82, 2.24) is 4.90 Å². The maximum Gasteiger partial charge on any atom is 0.144 e. The van der Waals surface area contributed by atoms with E-state index >= 15 is 0 Å².